The molecule has 3 rings (SSSR count). The fraction of sp³-hybridized carbons (Fsp3) is 0.571. The predicted molar refractivity (Wildman–Crippen MR) is 97.5 cm³/mol. The van der Waals surface area contributed by atoms with Crippen LogP contribution in [0.5, 0.6) is 0 Å². The largest absolute Gasteiger partial charge is 0.392 e. The van der Waals surface area contributed by atoms with Gasteiger partial charge in [0.1, 0.15) is 0 Å². The molecule has 24 heavy (non-hydrogen) atoms. The highest BCUT2D eigenvalue weighted by molar-refractivity contribution is 5.98. The lowest BCUT2D eigenvalue weighted by Crippen LogP contribution is -2.44. The SMILES string of the molecule is CC1(C)Cc2ccc(CO)cc2/C(=C\C(=O)C2CCCCCC2)N1. The molecule has 3 nitrogen and oxygen atoms in total. The number of carbonyl (C=O) groups excluding carboxylic acids is 1. The molecule has 0 atom stereocenters. The van der Waals surface area contributed by atoms with Gasteiger partial charge in [0, 0.05) is 28.8 Å². The summed E-state index contributed by atoms with van der Waals surface area (Å²) in [6.45, 7) is 4.36. The van der Waals surface area contributed by atoms with Crippen molar-refractivity contribution in [3.63, 3.8) is 0 Å². The van der Waals surface area contributed by atoms with Crippen molar-refractivity contribution in [1.29, 1.82) is 0 Å². The minimum Gasteiger partial charge on any atom is -0.392 e. The second kappa shape index (κ2) is 7.10. The van der Waals surface area contributed by atoms with Gasteiger partial charge in [0.15, 0.2) is 5.78 Å². The van der Waals surface area contributed by atoms with Gasteiger partial charge in [-0.2, -0.15) is 0 Å². The van der Waals surface area contributed by atoms with E-state index in [9.17, 15) is 9.90 Å². The van der Waals surface area contributed by atoms with Crippen molar-refractivity contribution in [2.24, 2.45) is 5.92 Å². The zero-order valence-electron chi connectivity index (χ0n) is 14.9. The van der Waals surface area contributed by atoms with Crippen LogP contribution in [0.2, 0.25) is 0 Å². The number of hydrogen-bond donors (Lipinski definition) is 2. The molecule has 0 amide bonds. The second-order valence-electron chi connectivity index (χ2n) is 7.98. The molecule has 2 N–H and O–H groups in total. The van der Waals surface area contributed by atoms with Crippen molar-refractivity contribution in [2.45, 2.75) is 70.9 Å². The highest BCUT2D eigenvalue weighted by Crippen LogP contribution is 2.32. The highest BCUT2D eigenvalue weighted by Gasteiger charge is 2.29. The monoisotopic (exact) mass is 327 g/mol. The van der Waals surface area contributed by atoms with E-state index in [4.69, 9.17) is 0 Å². The van der Waals surface area contributed by atoms with Crippen LogP contribution in [0.1, 0.15) is 69.1 Å². The van der Waals surface area contributed by atoms with Gasteiger partial charge in [-0.05, 0) is 50.3 Å². The van der Waals surface area contributed by atoms with Crippen LogP contribution < -0.4 is 5.32 Å². The molecule has 0 saturated heterocycles. The molecule has 130 valence electrons. The highest BCUT2D eigenvalue weighted by atomic mass is 16.3. The predicted octanol–water partition coefficient (Wildman–Crippen LogP) is 3.98. The summed E-state index contributed by atoms with van der Waals surface area (Å²) in [7, 11) is 0. The standard InChI is InChI=1S/C21H29NO2/c1-21(2)13-17-10-9-15(14-23)11-18(17)19(22-21)12-20(24)16-7-5-3-4-6-8-16/h9-12,16,22-23H,3-8,13-14H2,1-2H3/b19-12+. The summed E-state index contributed by atoms with van der Waals surface area (Å²) in [4.78, 5) is 12.8. The summed E-state index contributed by atoms with van der Waals surface area (Å²) in [5.74, 6) is 0.439. The van der Waals surface area contributed by atoms with Gasteiger partial charge < -0.3 is 10.4 Å². The maximum atomic E-state index is 12.8. The molecule has 1 aliphatic heterocycles. The first-order valence-corrected chi connectivity index (χ1v) is 9.25. The normalized spacial score (nSPS) is 22.5. The van der Waals surface area contributed by atoms with E-state index in [1.165, 1.54) is 31.2 Å². The molecule has 1 aliphatic carbocycles. The minimum atomic E-state index is -0.0662. The fourth-order valence-corrected chi connectivity index (χ4v) is 4.02. The van der Waals surface area contributed by atoms with Gasteiger partial charge in [-0.15, -0.1) is 0 Å². The molecule has 0 bridgehead atoms. The molecule has 1 fully saturated rings. The Balaban J connectivity index is 1.92. The number of ketones is 1. The van der Waals surface area contributed by atoms with Crippen LogP contribution in [0, 0.1) is 5.92 Å². The summed E-state index contributed by atoms with van der Waals surface area (Å²) >= 11 is 0. The maximum Gasteiger partial charge on any atom is 0.160 e. The number of rotatable bonds is 3. The topological polar surface area (TPSA) is 49.3 Å². The third kappa shape index (κ3) is 3.89. The number of carbonyl (C=O) groups is 1. The Morgan fingerprint density at radius 3 is 2.62 bits per heavy atom. The van der Waals surface area contributed by atoms with E-state index in [-0.39, 0.29) is 23.8 Å². The summed E-state index contributed by atoms with van der Waals surface area (Å²) in [5.41, 5.74) is 4.07. The van der Waals surface area contributed by atoms with Gasteiger partial charge in [-0.3, -0.25) is 4.79 Å². The average Bonchev–Trinajstić information content (AvgIpc) is 2.83. The van der Waals surface area contributed by atoms with E-state index in [0.717, 1.165) is 36.1 Å². The third-order valence-electron chi connectivity index (χ3n) is 5.30. The molecule has 1 aromatic carbocycles. The Bertz CT molecular complexity index is 637. The van der Waals surface area contributed by atoms with Gasteiger partial charge in [0.2, 0.25) is 0 Å². The van der Waals surface area contributed by atoms with Crippen LogP contribution in [-0.2, 0) is 17.8 Å². The lowest BCUT2D eigenvalue weighted by atomic mass is 9.84. The zero-order chi connectivity index (χ0) is 17.2. The summed E-state index contributed by atoms with van der Waals surface area (Å²) < 4.78 is 0. The van der Waals surface area contributed by atoms with E-state index < -0.39 is 0 Å². The number of hydrogen-bond acceptors (Lipinski definition) is 3. The Hall–Kier alpha value is -1.61. The Kier molecular flexibility index (Phi) is 5.09. The number of nitrogens with one attached hydrogen (secondary N) is 1. The van der Waals surface area contributed by atoms with Crippen LogP contribution in [0.15, 0.2) is 24.3 Å². The van der Waals surface area contributed by atoms with Gasteiger partial charge in [0.05, 0.1) is 6.61 Å². The number of benzene rings is 1. The number of aliphatic hydroxyl groups is 1. The van der Waals surface area contributed by atoms with Crippen LogP contribution in [0.4, 0.5) is 0 Å². The van der Waals surface area contributed by atoms with E-state index in [1.807, 2.05) is 18.2 Å². The minimum absolute atomic E-state index is 0.0283. The van der Waals surface area contributed by atoms with Crippen molar-refractivity contribution in [1.82, 2.24) is 5.32 Å². The Morgan fingerprint density at radius 2 is 1.96 bits per heavy atom. The fourth-order valence-electron chi connectivity index (χ4n) is 4.02. The molecule has 1 saturated carbocycles. The van der Waals surface area contributed by atoms with Crippen LogP contribution >= 0.6 is 0 Å². The molecule has 2 aliphatic rings. The van der Waals surface area contributed by atoms with Crippen LogP contribution in [0.3, 0.4) is 0 Å². The first kappa shape index (κ1) is 17.2. The van der Waals surface area contributed by atoms with Crippen molar-refractivity contribution < 1.29 is 9.90 Å². The first-order chi connectivity index (χ1) is 11.5. The van der Waals surface area contributed by atoms with E-state index in [0.29, 0.717) is 0 Å². The summed E-state index contributed by atoms with van der Waals surface area (Å²) in [6, 6.07) is 6.09. The average molecular weight is 327 g/mol. The molecule has 1 heterocycles. The smallest absolute Gasteiger partial charge is 0.160 e. The quantitative estimate of drug-likeness (QED) is 0.652. The van der Waals surface area contributed by atoms with Gasteiger partial charge >= 0.3 is 0 Å². The van der Waals surface area contributed by atoms with Crippen molar-refractivity contribution in [3.8, 4) is 0 Å². The molecule has 0 spiro atoms. The van der Waals surface area contributed by atoms with Gasteiger partial charge in [-0.25, -0.2) is 0 Å². The zero-order valence-corrected chi connectivity index (χ0v) is 14.9. The van der Waals surface area contributed by atoms with Gasteiger partial charge in [-0.1, -0.05) is 37.8 Å². The molecular formula is C21H29NO2. The number of allylic oxidation sites excluding steroid dienone is 1. The second-order valence-corrected chi connectivity index (χ2v) is 7.98. The molecule has 0 unspecified atom stereocenters. The first-order valence-electron chi connectivity index (χ1n) is 9.25. The van der Waals surface area contributed by atoms with Crippen LogP contribution in [-0.4, -0.2) is 16.4 Å². The Labute approximate surface area is 145 Å². The van der Waals surface area contributed by atoms with Crippen molar-refractivity contribution in [3.05, 3.63) is 41.0 Å². The van der Waals surface area contributed by atoms with Crippen molar-refractivity contribution in [2.75, 3.05) is 0 Å². The number of aliphatic hydroxyl groups excluding tert-OH is 1. The maximum absolute atomic E-state index is 12.8. The van der Waals surface area contributed by atoms with E-state index in [2.05, 4.69) is 25.2 Å². The van der Waals surface area contributed by atoms with Crippen molar-refractivity contribution >= 4 is 11.5 Å². The summed E-state index contributed by atoms with van der Waals surface area (Å²) in [6.07, 6.45) is 9.65. The van der Waals surface area contributed by atoms with Crippen LogP contribution in [0.25, 0.3) is 5.70 Å². The lowest BCUT2D eigenvalue weighted by molar-refractivity contribution is -0.118. The molecular weight excluding hydrogens is 298 g/mol. The van der Waals surface area contributed by atoms with E-state index >= 15 is 0 Å². The molecule has 3 heteroatoms. The molecule has 0 radical (unpaired) electrons. The van der Waals surface area contributed by atoms with Gasteiger partial charge in [0.25, 0.3) is 0 Å². The summed E-state index contributed by atoms with van der Waals surface area (Å²) in [5, 5.41) is 13.0. The number of fused-ring (bicyclic) bond motifs is 1. The third-order valence-corrected chi connectivity index (χ3v) is 5.30. The van der Waals surface area contributed by atoms with E-state index in [1.54, 1.807) is 0 Å². The Morgan fingerprint density at radius 1 is 1.25 bits per heavy atom. The molecule has 1 aromatic rings. The lowest BCUT2D eigenvalue weighted by Gasteiger charge is -2.36. The molecule has 0 aromatic heterocycles.